The fraction of sp³-hybridized carbons (Fsp3) is 0.588. The first-order chi connectivity index (χ1) is 11.1. The molecular formula is C17H23NO5. The van der Waals surface area contributed by atoms with E-state index in [1.165, 1.54) is 0 Å². The molecule has 0 aromatic heterocycles. The molecule has 1 aromatic carbocycles. The second-order valence-electron chi connectivity index (χ2n) is 6.12. The molecule has 23 heavy (non-hydrogen) atoms. The molecule has 6 heteroatoms. The van der Waals surface area contributed by atoms with E-state index in [1.54, 1.807) is 20.3 Å². The molecule has 1 aliphatic heterocycles. The van der Waals surface area contributed by atoms with Gasteiger partial charge in [0.25, 0.3) is 0 Å². The molecule has 2 aliphatic rings. The maximum absolute atomic E-state index is 12.1. The molecule has 1 aliphatic carbocycles. The molecule has 2 unspecified atom stereocenters. The van der Waals surface area contributed by atoms with Crippen LogP contribution >= 0.6 is 0 Å². The first-order valence-electron chi connectivity index (χ1n) is 7.94. The number of aryl methyl sites for hydroxylation is 1. The largest absolute Gasteiger partial charge is 0.493 e. The molecule has 0 radical (unpaired) electrons. The highest BCUT2D eigenvalue weighted by molar-refractivity contribution is 5.81. The zero-order valence-corrected chi connectivity index (χ0v) is 13.6. The molecule has 1 aromatic rings. The first-order valence-corrected chi connectivity index (χ1v) is 7.94. The highest BCUT2D eigenvalue weighted by atomic mass is 16.5. The van der Waals surface area contributed by atoms with Gasteiger partial charge in [0, 0.05) is 6.61 Å². The fourth-order valence-electron chi connectivity index (χ4n) is 3.35. The molecule has 3 rings (SSSR count). The van der Waals surface area contributed by atoms with Gasteiger partial charge in [0.2, 0.25) is 5.91 Å². The van der Waals surface area contributed by atoms with Crippen molar-refractivity contribution in [2.24, 2.45) is 0 Å². The van der Waals surface area contributed by atoms with E-state index in [0.717, 1.165) is 30.4 Å². The normalized spacial score (nSPS) is 26.0. The van der Waals surface area contributed by atoms with Gasteiger partial charge in [-0.25, -0.2) is 0 Å². The molecule has 0 saturated carbocycles. The maximum Gasteiger partial charge on any atom is 0.249 e. The number of hydrogen-bond acceptors (Lipinski definition) is 5. The van der Waals surface area contributed by atoms with Crippen molar-refractivity contribution in [3.8, 4) is 11.5 Å². The average Bonchev–Trinajstić information content (AvgIpc) is 3.21. The van der Waals surface area contributed by atoms with Gasteiger partial charge in [0.15, 0.2) is 11.5 Å². The zero-order valence-electron chi connectivity index (χ0n) is 13.6. The lowest BCUT2D eigenvalue weighted by Crippen LogP contribution is -2.43. The number of hydrogen-bond donors (Lipinski definition) is 2. The Hall–Kier alpha value is -1.79. The molecule has 0 bridgehead atoms. The van der Waals surface area contributed by atoms with Gasteiger partial charge in [0.05, 0.1) is 20.8 Å². The van der Waals surface area contributed by atoms with E-state index in [9.17, 15) is 9.90 Å². The van der Waals surface area contributed by atoms with Gasteiger partial charge in [0.1, 0.15) is 11.7 Å². The summed E-state index contributed by atoms with van der Waals surface area (Å²) in [6.07, 6.45) is 2.56. The number of ether oxygens (including phenoxy) is 3. The van der Waals surface area contributed by atoms with Crippen LogP contribution in [-0.4, -0.2) is 44.5 Å². The van der Waals surface area contributed by atoms with Crippen molar-refractivity contribution in [1.82, 2.24) is 5.32 Å². The Morgan fingerprint density at radius 2 is 2.13 bits per heavy atom. The predicted octanol–water partition coefficient (Wildman–Crippen LogP) is 1.13. The minimum atomic E-state index is -1.08. The smallest absolute Gasteiger partial charge is 0.249 e. The Balaban J connectivity index is 1.75. The Kier molecular flexibility index (Phi) is 4.46. The topological polar surface area (TPSA) is 77.0 Å². The molecule has 1 saturated heterocycles. The van der Waals surface area contributed by atoms with Crippen LogP contribution in [0.25, 0.3) is 0 Å². The van der Waals surface area contributed by atoms with E-state index in [0.29, 0.717) is 24.5 Å². The van der Waals surface area contributed by atoms with Gasteiger partial charge in [-0.15, -0.1) is 0 Å². The molecular weight excluding hydrogens is 298 g/mol. The van der Waals surface area contributed by atoms with Crippen molar-refractivity contribution >= 4 is 5.91 Å². The first kappa shape index (κ1) is 16.1. The van der Waals surface area contributed by atoms with Gasteiger partial charge in [-0.05, 0) is 48.9 Å². The van der Waals surface area contributed by atoms with Crippen LogP contribution in [-0.2, 0) is 21.6 Å². The number of benzene rings is 1. The van der Waals surface area contributed by atoms with Crippen molar-refractivity contribution < 1.29 is 24.1 Å². The van der Waals surface area contributed by atoms with Crippen LogP contribution in [0.2, 0.25) is 0 Å². The van der Waals surface area contributed by atoms with E-state index in [4.69, 9.17) is 14.2 Å². The van der Waals surface area contributed by atoms with Gasteiger partial charge in [-0.3, -0.25) is 4.79 Å². The van der Waals surface area contributed by atoms with Crippen LogP contribution < -0.4 is 14.8 Å². The third-order valence-electron chi connectivity index (χ3n) is 4.70. The molecule has 0 spiro atoms. The Morgan fingerprint density at radius 3 is 2.78 bits per heavy atom. The van der Waals surface area contributed by atoms with Crippen LogP contribution in [0, 0.1) is 0 Å². The predicted molar refractivity (Wildman–Crippen MR) is 83.7 cm³/mol. The van der Waals surface area contributed by atoms with Crippen molar-refractivity contribution in [1.29, 1.82) is 0 Å². The summed E-state index contributed by atoms with van der Waals surface area (Å²) >= 11 is 0. The summed E-state index contributed by atoms with van der Waals surface area (Å²) in [4.78, 5) is 12.1. The van der Waals surface area contributed by atoms with Crippen molar-refractivity contribution in [3.05, 3.63) is 23.3 Å². The lowest BCUT2D eigenvalue weighted by atomic mass is 9.95. The van der Waals surface area contributed by atoms with Gasteiger partial charge in [-0.1, -0.05) is 0 Å². The number of amides is 1. The zero-order chi connectivity index (χ0) is 16.4. The van der Waals surface area contributed by atoms with Crippen molar-refractivity contribution in [2.75, 3.05) is 27.4 Å². The summed E-state index contributed by atoms with van der Waals surface area (Å²) in [5.41, 5.74) is 0.739. The van der Waals surface area contributed by atoms with E-state index in [2.05, 4.69) is 5.32 Å². The SMILES string of the molecule is COc1cc2c(cc1OC)C(O)(CNC(=O)C1CCCO1)CC2. The van der Waals surface area contributed by atoms with E-state index in [1.807, 2.05) is 6.07 Å². The summed E-state index contributed by atoms with van der Waals surface area (Å²) in [6.45, 7) is 0.802. The molecule has 1 fully saturated rings. The minimum Gasteiger partial charge on any atom is -0.493 e. The number of rotatable bonds is 5. The molecule has 126 valence electrons. The number of nitrogens with one attached hydrogen (secondary N) is 1. The second-order valence-corrected chi connectivity index (χ2v) is 6.12. The van der Waals surface area contributed by atoms with Crippen molar-refractivity contribution in [2.45, 2.75) is 37.4 Å². The lowest BCUT2D eigenvalue weighted by Gasteiger charge is -2.25. The number of methoxy groups -OCH3 is 2. The quantitative estimate of drug-likeness (QED) is 0.850. The van der Waals surface area contributed by atoms with Gasteiger partial charge >= 0.3 is 0 Å². The number of aliphatic hydroxyl groups is 1. The maximum atomic E-state index is 12.1. The Morgan fingerprint density at radius 1 is 1.39 bits per heavy atom. The summed E-state index contributed by atoms with van der Waals surface area (Å²) in [6, 6.07) is 3.70. The highest BCUT2D eigenvalue weighted by Gasteiger charge is 2.38. The third-order valence-corrected chi connectivity index (χ3v) is 4.70. The monoisotopic (exact) mass is 321 g/mol. The fourth-order valence-corrected chi connectivity index (χ4v) is 3.35. The summed E-state index contributed by atoms with van der Waals surface area (Å²) in [5.74, 6) is 1.08. The molecule has 1 heterocycles. The number of carbonyl (C=O) groups is 1. The van der Waals surface area contributed by atoms with Crippen LogP contribution in [0.4, 0.5) is 0 Å². The van der Waals surface area contributed by atoms with E-state index < -0.39 is 5.60 Å². The number of fused-ring (bicyclic) bond motifs is 1. The number of carbonyl (C=O) groups excluding carboxylic acids is 1. The highest BCUT2D eigenvalue weighted by Crippen LogP contribution is 2.42. The van der Waals surface area contributed by atoms with Gasteiger partial charge in [-0.2, -0.15) is 0 Å². The summed E-state index contributed by atoms with van der Waals surface area (Å²) < 4.78 is 16.0. The van der Waals surface area contributed by atoms with E-state index >= 15 is 0 Å². The average molecular weight is 321 g/mol. The van der Waals surface area contributed by atoms with Crippen LogP contribution in [0.5, 0.6) is 11.5 Å². The summed E-state index contributed by atoms with van der Waals surface area (Å²) in [7, 11) is 3.16. The summed E-state index contributed by atoms with van der Waals surface area (Å²) in [5, 5.41) is 13.8. The molecule has 1 amide bonds. The third kappa shape index (κ3) is 3.01. The standard InChI is InChI=1S/C17H23NO5/c1-21-14-8-11-5-6-17(20,12(11)9-15(14)22-2)10-18-16(19)13-4-3-7-23-13/h8-9,13,20H,3-7,10H2,1-2H3,(H,18,19). The molecule has 6 nitrogen and oxygen atoms in total. The van der Waals surface area contributed by atoms with Crippen LogP contribution in [0.15, 0.2) is 12.1 Å². The second kappa shape index (κ2) is 6.37. The van der Waals surface area contributed by atoms with Gasteiger partial charge < -0.3 is 24.6 Å². The molecule has 2 atom stereocenters. The molecule has 2 N–H and O–H groups in total. The lowest BCUT2D eigenvalue weighted by molar-refractivity contribution is -0.131. The van der Waals surface area contributed by atoms with E-state index in [-0.39, 0.29) is 18.6 Å². The van der Waals surface area contributed by atoms with Crippen LogP contribution in [0.1, 0.15) is 30.4 Å². The minimum absolute atomic E-state index is 0.148. The van der Waals surface area contributed by atoms with Crippen LogP contribution in [0.3, 0.4) is 0 Å². The van der Waals surface area contributed by atoms with Crippen molar-refractivity contribution in [3.63, 3.8) is 0 Å². The Bertz CT molecular complexity index is 597. The Labute approximate surface area is 135 Å².